The van der Waals surface area contributed by atoms with E-state index in [4.69, 9.17) is 25.4 Å². The Bertz CT molecular complexity index is 1030. The molecule has 0 saturated heterocycles. The normalized spacial score (nSPS) is 17.0. The first-order valence-corrected chi connectivity index (χ1v) is 17.3. The van der Waals surface area contributed by atoms with Crippen molar-refractivity contribution in [2.24, 2.45) is 29.4 Å². The Labute approximate surface area is 288 Å². The zero-order valence-corrected chi connectivity index (χ0v) is 29.3. The van der Waals surface area contributed by atoms with Crippen molar-refractivity contribution >= 4 is 35.8 Å². The van der Waals surface area contributed by atoms with E-state index in [2.05, 4.69) is 0 Å². The molecule has 0 aromatic rings. The Hall–Kier alpha value is -3.30. The summed E-state index contributed by atoms with van der Waals surface area (Å²) < 4.78 is 11.5. The van der Waals surface area contributed by atoms with Crippen molar-refractivity contribution in [2.75, 3.05) is 0 Å². The fourth-order valence-electron chi connectivity index (χ4n) is 5.58. The standard InChI is InChI=1S/C34H59NO14/c1-5-6-12-21(3)32(49-31(43)18-24(34(46)47)16-29(40)41)27(48-30(42)17-23(33(44)45)15-28(38)39)14-20(2)11-9-7-8-10-13-25(36)19-26(37)22(4)35/h20-27,32,36-37H,5-19,35H2,1-4H3,(H,38,39)(H,40,41)(H,44,45)(H,46,47)/t20-,21-,22-,23-,24-,25+,26+,27+,32-/m1/s1. The Morgan fingerprint density at radius 3 is 1.57 bits per heavy atom. The molecule has 284 valence electrons. The highest BCUT2D eigenvalue weighted by atomic mass is 16.6. The molecule has 9 atom stereocenters. The van der Waals surface area contributed by atoms with Crippen LogP contribution in [0.3, 0.4) is 0 Å². The van der Waals surface area contributed by atoms with Crippen molar-refractivity contribution in [1.29, 1.82) is 0 Å². The topological polar surface area (TPSA) is 268 Å². The molecule has 0 aliphatic rings. The van der Waals surface area contributed by atoms with Crippen LogP contribution in [0.25, 0.3) is 0 Å². The number of nitrogens with two attached hydrogens (primary N) is 1. The van der Waals surface area contributed by atoms with E-state index in [1.54, 1.807) is 13.8 Å². The van der Waals surface area contributed by atoms with E-state index < -0.39 is 110 Å². The summed E-state index contributed by atoms with van der Waals surface area (Å²) in [7, 11) is 0. The number of aliphatic hydroxyl groups excluding tert-OH is 2. The fourth-order valence-corrected chi connectivity index (χ4v) is 5.58. The van der Waals surface area contributed by atoms with Gasteiger partial charge in [0.2, 0.25) is 0 Å². The predicted molar refractivity (Wildman–Crippen MR) is 176 cm³/mol. The highest BCUT2D eigenvalue weighted by molar-refractivity contribution is 5.83. The molecule has 15 nitrogen and oxygen atoms in total. The lowest BCUT2D eigenvalue weighted by Crippen LogP contribution is -2.42. The molecule has 0 fully saturated rings. The third-order valence-corrected chi connectivity index (χ3v) is 8.60. The van der Waals surface area contributed by atoms with E-state index in [1.165, 1.54) is 0 Å². The van der Waals surface area contributed by atoms with Crippen molar-refractivity contribution in [1.82, 2.24) is 0 Å². The lowest BCUT2D eigenvalue weighted by Gasteiger charge is -2.33. The van der Waals surface area contributed by atoms with Crippen LogP contribution < -0.4 is 5.73 Å². The summed E-state index contributed by atoms with van der Waals surface area (Å²) in [5, 5.41) is 57.0. The number of carbonyl (C=O) groups is 6. The van der Waals surface area contributed by atoms with Gasteiger partial charge < -0.3 is 45.8 Å². The summed E-state index contributed by atoms with van der Waals surface area (Å²) in [6, 6.07) is -0.432. The van der Waals surface area contributed by atoms with Gasteiger partial charge in [0.15, 0.2) is 0 Å². The molecular weight excluding hydrogens is 646 g/mol. The number of aliphatic carboxylic acids is 4. The minimum Gasteiger partial charge on any atom is -0.481 e. The molecule has 0 aromatic heterocycles. The zero-order valence-electron chi connectivity index (χ0n) is 29.3. The predicted octanol–water partition coefficient (Wildman–Crippen LogP) is 3.59. The Morgan fingerprint density at radius 1 is 0.633 bits per heavy atom. The third kappa shape index (κ3) is 21.4. The Kier molecular flexibility index (Phi) is 23.1. The molecule has 0 aliphatic heterocycles. The van der Waals surface area contributed by atoms with Gasteiger partial charge in [-0.05, 0) is 38.0 Å². The van der Waals surface area contributed by atoms with Crippen molar-refractivity contribution in [3.05, 3.63) is 0 Å². The first-order valence-electron chi connectivity index (χ1n) is 17.3. The molecule has 0 radical (unpaired) electrons. The molecule has 0 bridgehead atoms. The first-order chi connectivity index (χ1) is 22.9. The number of unbranched alkanes of at least 4 members (excludes halogenated alkanes) is 4. The summed E-state index contributed by atoms with van der Waals surface area (Å²) >= 11 is 0. The molecule has 0 aliphatic carbocycles. The number of esters is 2. The molecule has 0 heterocycles. The van der Waals surface area contributed by atoms with Gasteiger partial charge in [0.05, 0.1) is 49.7 Å². The van der Waals surface area contributed by atoms with E-state index >= 15 is 0 Å². The summed E-state index contributed by atoms with van der Waals surface area (Å²) in [4.78, 5) is 71.6. The van der Waals surface area contributed by atoms with Crippen molar-refractivity contribution < 1.29 is 68.9 Å². The van der Waals surface area contributed by atoms with Gasteiger partial charge in [-0.15, -0.1) is 0 Å². The van der Waals surface area contributed by atoms with Gasteiger partial charge in [-0.2, -0.15) is 0 Å². The summed E-state index contributed by atoms with van der Waals surface area (Å²) in [6.45, 7) is 7.31. The number of carboxylic acids is 4. The number of carboxylic acid groups (broad SMARTS) is 4. The second-order valence-corrected chi connectivity index (χ2v) is 13.4. The van der Waals surface area contributed by atoms with Gasteiger partial charge >= 0.3 is 35.8 Å². The fraction of sp³-hybridized carbons (Fsp3) is 0.824. The van der Waals surface area contributed by atoms with Crippen LogP contribution in [0.15, 0.2) is 0 Å². The number of hydrogen-bond acceptors (Lipinski definition) is 11. The number of aliphatic hydroxyl groups is 2. The smallest absolute Gasteiger partial charge is 0.307 e. The summed E-state index contributed by atoms with van der Waals surface area (Å²) in [5.74, 6) is -11.3. The molecule has 0 spiro atoms. The molecule has 49 heavy (non-hydrogen) atoms. The Morgan fingerprint density at radius 2 is 1.12 bits per heavy atom. The summed E-state index contributed by atoms with van der Waals surface area (Å²) in [6.07, 6.45) is 0.203. The van der Waals surface area contributed by atoms with Crippen LogP contribution in [0.5, 0.6) is 0 Å². The molecule has 8 N–H and O–H groups in total. The second kappa shape index (κ2) is 24.8. The molecular formula is C34H59NO14. The average Bonchev–Trinajstić information content (AvgIpc) is 2.98. The van der Waals surface area contributed by atoms with Crippen LogP contribution in [0.2, 0.25) is 0 Å². The molecule has 15 heteroatoms. The van der Waals surface area contributed by atoms with E-state index in [-0.39, 0.29) is 18.8 Å². The van der Waals surface area contributed by atoms with Crippen molar-refractivity contribution in [3.63, 3.8) is 0 Å². The van der Waals surface area contributed by atoms with Crippen molar-refractivity contribution in [2.45, 2.75) is 154 Å². The van der Waals surface area contributed by atoms with Gasteiger partial charge in [-0.25, -0.2) is 0 Å². The number of carbonyl (C=O) groups excluding carboxylic acids is 2. The van der Waals surface area contributed by atoms with E-state index in [0.29, 0.717) is 19.3 Å². The largest absolute Gasteiger partial charge is 0.481 e. The average molecular weight is 706 g/mol. The molecule has 0 rings (SSSR count). The SMILES string of the molecule is CCCC[C@@H](C)[C@@H](OC(=O)C[C@@H](CC(=O)O)C(=O)O)[C@H](C[C@H](C)CCCCCC[C@H](O)C[C@H](O)[C@@H](C)N)OC(=O)C[C@@H](CC(=O)O)C(=O)O. The molecule has 0 unspecified atom stereocenters. The number of rotatable bonds is 29. The van der Waals surface area contributed by atoms with Crippen LogP contribution in [0.1, 0.15) is 124 Å². The maximum Gasteiger partial charge on any atom is 0.307 e. The minimum absolute atomic E-state index is 0.0859. The lowest BCUT2D eigenvalue weighted by atomic mass is 9.87. The van der Waals surface area contributed by atoms with E-state index in [9.17, 15) is 49.2 Å². The van der Waals surface area contributed by atoms with Crippen LogP contribution >= 0.6 is 0 Å². The van der Waals surface area contributed by atoms with Crippen LogP contribution in [-0.4, -0.2) is 96.9 Å². The molecule has 0 aromatic carbocycles. The van der Waals surface area contributed by atoms with E-state index in [1.807, 2.05) is 13.8 Å². The summed E-state index contributed by atoms with van der Waals surface area (Å²) in [5.41, 5.74) is 5.64. The van der Waals surface area contributed by atoms with Crippen molar-refractivity contribution in [3.8, 4) is 0 Å². The van der Waals surface area contributed by atoms with Gasteiger partial charge in [-0.1, -0.05) is 65.7 Å². The highest BCUT2D eigenvalue weighted by Crippen LogP contribution is 2.29. The van der Waals surface area contributed by atoms with Gasteiger partial charge in [0, 0.05) is 12.5 Å². The highest BCUT2D eigenvalue weighted by Gasteiger charge is 2.37. The second-order valence-electron chi connectivity index (χ2n) is 13.4. The minimum atomic E-state index is -1.55. The van der Waals surface area contributed by atoms with E-state index in [0.717, 1.165) is 38.5 Å². The van der Waals surface area contributed by atoms with Gasteiger partial charge in [0.25, 0.3) is 0 Å². The molecule has 0 amide bonds. The third-order valence-electron chi connectivity index (χ3n) is 8.60. The molecule has 0 saturated carbocycles. The Balaban J connectivity index is 5.84. The number of ether oxygens (including phenoxy) is 2. The lowest BCUT2D eigenvalue weighted by molar-refractivity contribution is -0.177. The number of hydrogen-bond donors (Lipinski definition) is 7. The first kappa shape index (κ1) is 45.7. The zero-order chi connectivity index (χ0) is 37.7. The maximum absolute atomic E-state index is 13.0. The van der Waals surface area contributed by atoms with Gasteiger partial charge in [0.1, 0.15) is 12.2 Å². The van der Waals surface area contributed by atoms with Crippen LogP contribution in [0, 0.1) is 23.7 Å². The van der Waals surface area contributed by atoms with Gasteiger partial charge in [-0.3, -0.25) is 28.8 Å². The van der Waals surface area contributed by atoms with Crippen LogP contribution in [0.4, 0.5) is 0 Å². The van der Waals surface area contributed by atoms with Crippen LogP contribution in [-0.2, 0) is 38.2 Å². The maximum atomic E-state index is 13.0. The quantitative estimate of drug-likeness (QED) is 0.0433. The monoisotopic (exact) mass is 705 g/mol.